The quantitative estimate of drug-likeness (QED) is 0.746. The van der Waals surface area contributed by atoms with Gasteiger partial charge in [0.25, 0.3) is 5.91 Å². The fourth-order valence-corrected chi connectivity index (χ4v) is 2.66. The lowest BCUT2D eigenvalue weighted by atomic mass is 10.0. The third-order valence-electron chi connectivity index (χ3n) is 3.54. The van der Waals surface area contributed by atoms with Crippen molar-refractivity contribution in [2.24, 2.45) is 0 Å². The molecule has 0 radical (unpaired) electrons. The molecule has 1 rings (SSSR count). The molecule has 0 saturated heterocycles. The highest BCUT2D eigenvalue weighted by Gasteiger charge is 2.21. The molecule has 0 bridgehead atoms. The molecule has 0 atom stereocenters. The summed E-state index contributed by atoms with van der Waals surface area (Å²) in [6, 6.07) is 5.51. The number of rotatable bonds is 7. The Morgan fingerprint density at radius 1 is 1.25 bits per heavy atom. The van der Waals surface area contributed by atoms with E-state index >= 15 is 0 Å². The van der Waals surface area contributed by atoms with Crippen LogP contribution in [0.2, 0.25) is 0 Å². The van der Waals surface area contributed by atoms with Gasteiger partial charge in [-0.3, -0.25) is 4.79 Å². The van der Waals surface area contributed by atoms with Gasteiger partial charge in [-0.25, -0.2) is 17.5 Å². The Bertz CT molecular complexity index is 711. The van der Waals surface area contributed by atoms with Crippen LogP contribution in [0.4, 0.5) is 0 Å². The molecule has 7 nitrogen and oxygen atoms in total. The molecular weight excluding hydrogens is 332 g/mol. The fourth-order valence-electron chi connectivity index (χ4n) is 1.71. The van der Waals surface area contributed by atoms with Crippen molar-refractivity contribution in [3.63, 3.8) is 0 Å². The Kier molecular flexibility index (Phi) is 6.50. The van der Waals surface area contributed by atoms with E-state index in [0.29, 0.717) is 0 Å². The number of nitrogens with zero attached hydrogens (tertiary/aromatic N) is 1. The summed E-state index contributed by atoms with van der Waals surface area (Å²) in [5.41, 5.74) is -0.316. The molecule has 0 aliphatic rings. The van der Waals surface area contributed by atoms with Crippen molar-refractivity contribution in [1.82, 2.24) is 9.62 Å². The maximum Gasteiger partial charge on any atom is 0.338 e. The average Bonchev–Trinajstić information content (AvgIpc) is 2.52. The first-order valence-electron chi connectivity index (χ1n) is 7.50. The summed E-state index contributed by atoms with van der Waals surface area (Å²) in [6.45, 7) is 5.24. The Labute approximate surface area is 143 Å². The van der Waals surface area contributed by atoms with Crippen LogP contribution in [0, 0.1) is 0 Å². The van der Waals surface area contributed by atoms with E-state index in [1.807, 2.05) is 20.8 Å². The minimum atomic E-state index is -3.65. The van der Waals surface area contributed by atoms with Crippen LogP contribution in [-0.4, -0.2) is 50.8 Å². The van der Waals surface area contributed by atoms with Crippen LogP contribution in [-0.2, 0) is 19.6 Å². The number of carbonyl (C=O) groups excluding carboxylic acids is 2. The van der Waals surface area contributed by atoms with E-state index < -0.39 is 28.5 Å². The summed E-state index contributed by atoms with van der Waals surface area (Å²) in [7, 11) is -0.839. The number of benzene rings is 1. The van der Waals surface area contributed by atoms with Gasteiger partial charge in [-0.05, 0) is 38.5 Å². The summed E-state index contributed by atoms with van der Waals surface area (Å²) in [5.74, 6) is -1.16. The lowest BCUT2D eigenvalue weighted by Crippen LogP contribution is -2.44. The van der Waals surface area contributed by atoms with Crippen LogP contribution in [0.15, 0.2) is 29.2 Å². The molecule has 0 heterocycles. The lowest BCUT2D eigenvalue weighted by molar-refractivity contribution is -0.125. The summed E-state index contributed by atoms with van der Waals surface area (Å²) in [4.78, 5) is 23.8. The van der Waals surface area contributed by atoms with Gasteiger partial charge in [-0.1, -0.05) is 13.0 Å². The lowest BCUT2D eigenvalue weighted by Gasteiger charge is -2.24. The number of esters is 1. The number of carbonyl (C=O) groups is 2. The number of ether oxygens (including phenoxy) is 1. The van der Waals surface area contributed by atoms with Gasteiger partial charge in [-0.15, -0.1) is 0 Å². The summed E-state index contributed by atoms with van der Waals surface area (Å²) in [5, 5.41) is 2.74. The molecule has 0 aromatic heterocycles. The van der Waals surface area contributed by atoms with Crippen molar-refractivity contribution < 1.29 is 22.7 Å². The maximum absolute atomic E-state index is 12.1. The average molecular weight is 356 g/mol. The molecule has 0 unspecified atom stereocenters. The van der Waals surface area contributed by atoms with Crippen molar-refractivity contribution in [3.8, 4) is 0 Å². The SMILES string of the molecule is CCC(C)(C)NC(=O)COC(=O)c1cccc(S(=O)(=O)N(C)C)c1. The molecule has 0 aliphatic carbocycles. The summed E-state index contributed by atoms with van der Waals surface area (Å²) in [6.07, 6.45) is 0.733. The van der Waals surface area contributed by atoms with Gasteiger partial charge in [0, 0.05) is 19.6 Å². The number of amides is 1. The van der Waals surface area contributed by atoms with E-state index in [2.05, 4.69) is 5.32 Å². The molecule has 0 fully saturated rings. The Morgan fingerprint density at radius 3 is 2.42 bits per heavy atom. The maximum atomic E-state index is 12.1. The zero-order valence-corrected chi connectivity index (χ0v) is 15.4. The van der Waals surface area contributed by atoms with Crippen molar-refractivity contribution in [1.29, 1.82) is 0 Å². The van der Waals surface area contributed by atoms with Crippen molar-refractivity contribution in [2.45, 2.75) is 37.6 Å². The number of sulfonamides is 1. The first-order valence-corrected chi connectivity index (χ1v) is 8.94. The summed E-state index contributed by atoms with van der Waals surface area (Å²) >= 11 is 0. The van der Waals surface area contributed by atoms with Gasteiger partial charge >= 0.3 is 5.97 Å². The van der Waals surface area contributed by atoms with Crippen molar-refractivity contribution in [3.05, 3.63) is 29.8 Å². The van der Waals surface area contributed by atoms with Gasteiger partial charge < -0.3 is 10.1 Å². The Hall–Kier alpha value is -1.93. The minimum Gasteiger partial charge on any atom is -0.452 e. The first-order chi connectivity index (χ1) is 11.0. The van der Waals surface area contributed by atoms with Gasteiger partial charge in [0.15, 0.2) is 6.61 Å². The summed E-state index contributed by atoms with van der Waals surface area (Å²) < 4.78 is 30.1. The zero-order valence-electron chi connectivity index (χ0n) is 14.6. The normalized spacial score (nSPS) is 12.1. The largest absolute Gasteiger partial charge is 0.452 e. The van der Waals surface area contributed by atoms with Crippen LogP contribution < -0.4 is 5.32 Å². The van der Waals surface area contributed by atoms with Gasteiger partial charge in [0.2, 0.25) is 10.0 Å². The molecule has 1 aromatic carbocycles. The van der Waals surface area contributed by atoms with Crippen LogP contribution in [0.25, 0.3) is 0 Å². The van der Waals surface area contributed by atoms with E-state index in [1.54, 1.807) is 0 Å². The van der Waals surface area contributed by atoms with E-state index in [1.165, 1.54) is 38.4 Å². The van der Waals surface area contributed by atoms with Gasteiger partial charge in [-0.2, -0.15) is 0 Å². The zero-order chi connectivity index (χ0) is 18.5. The minimum absolute atomic E-state index is 0.0153. The van der Waals surface area contributed by atoms with Gasteiger partial charge in [0.1, 0.15) is 0 Å². The molecule has 0 aliphatic heterocycles. The molecule has 0 spiro atoms. The number of hydrogen-bond donors (Lipinski definition) is 1. The third-order valence-corrected chi connectivity index (χ3v) is 5.36. The van der Waals surface area contributed by atoms with E-state index in [4.69, 9.17) is 4.74 Å². The molecule has 0 saturated carbocycles. The fraction of sp³-hybridized carbons (Fsp3) is 0.500. The molecule has 24 heavy (non-hydrogen) atoms. The molecular formula is C16H24N2O5S. The first kappa shape index (κ1) is 20.1. The van der Waals surface area contributed by atoms with Crippen LogP contribution in [0.3, 0.4) is 0 Å². The van der Waals surface area contributed by atoms with Crippen molar-refractivity contribution >= 4 is 21.9 Å². The predicted molar refractivity (Wildman–Crippen MR) is 90.1 cm³/mol. The monoisotopic (exact) mass is 356 g/mol. The third kappa shape index (κ3) is 5.31. The molecule has 1 N–H and O–H groups in total. The van der Waals surface area contributed by atoms with E-state index in [-0.39, 0.29) is 16.0 Å². The molecule has 1 aromatic rings. The molecule has 134 valence electrons. The topological polar surface area (TPSA) is 92.8 Å². The highest BCUT2D eigenvalue weighted by Crippen LogP contribution is 2.15. The standard InChI is InChI=1S/C16H24N2O5S/c1-6-16(2,3)17-14(19)11-23-15(20)12-8-7-9-13(10-12)24(21,22)18(4)5/h7-10H,6,11H2,1-5H3,(H,17,19). The second-order valence-corrected chi connectivity index (χ2v) is 8.33. The second-order valence-electron chi connectivity index (χ2n) is 6.18. The molecule has 1 amide bonds. The number of hydrogen-bond acceptors (Lipinski definition) is 5. The molecule has 8 heteroatoms. The predicted octanol–water partition coefficient (Wildman–Crippen LogP) is 1.40. The smallest absolute Gasteiger partial charge is 0.338 e. The Morgan fingerprint density at radius 2 is 1.88 bits per heavy atom. The van der Waals surface area contributed by atoms with Gasteiger partial charge in [0.05, 0.1) is 10.5 Å². The Balaban J connectivity index is 2.78. The van der Waals surface area contributed by atoms with Crippen LogP contribution in [0.5, 0.6) is 0 Å². The van der Waals surface area contributed by atoms with Crippen LogP contribution in [0.1, 0.15) is 37.6 Å². The van der Waals surface area contributed by atoms with E-state index in [9.17, 15) is 18.0 Å². The number of nitrogens with one attached hydrogen (secondary N) is 1. The highest BCUT2D eigenvalue weighted by molar-refractivity contribution is 7.89. The van der Waals surface area contributed by atoms with Crippen molar-refractivity contribution in [2.75, 3.05) is 20.7 Å². The second kappa shape index (κ2) is 7.76. The highest BCUT2D eigenvalue weighted by atomic mass is 32.2. The van der Waals surface area contributed by atoms with Crippen LogP contribution >= 0.6 is 0 Å². The van der Waals surface area contributed by atoms with E-state index in [0.717, 1.165) is 10.7 Å².